The molecule has 0 aromatic carbocycles. The van der Waals surface area contributed by atoms with Crippen molar-refractivity contribution in [2.45, 2.75) is 32.2 Å². The molecule has 2 aromatic heterocycles. The van der Waals surface area contributed by atoms with Gasteiger partial charge in [0.1, 0.15) is 0 Å². The van der Waals surface area contributed by atoms with Gasteiger partial charge in [0.05, 0.1) is 5.69 Å². The van der Waals surface area contributed by atoms with E-state index in [-0.39, 0.29) is 0 Å². The number of hydrogen-bond donors (Lipinski definition) is 1. The van der Waals surface area contributed by atoms with E-state index < -0.39 is 0 Å². The van der Waals surface area contributed by atoms with E-state index in [0.29, 0.717) is 6.04 Å². The standard InChI is InChI=1S/C12H17N3S/c1-2-13-11(9-3-4-9)7-10-8-15-5-6-16-12(15)14-10/h5-6,8-9,11,13H,2-4,7H2,1H3. The van der Waals surface area contributed by atoms with Gasteiger partial charge in [0.2, 0.25) is 0 Å². The molecule has 0 saturated heterocycles. The Morgan fingerprint density at radius 1 is 1.62 bits per heavy atom. The lowest BCUT2D eigenvalue weighted by Crippen LogP contribution is -2.33. The highest BCUT2D eigenvalue weighted by Crippen LogP contribution is 2.34. The number of likely N-dealkylation sites (N-methyl/N-ethyl adjacent to an activating group) is 1. The molecule has 1 N–H and O–H groups in total. The smallest absolute Gasteiger partial charge is 0.193 e. The maximum absolute atomic E-state index is 4.65. The highest BCUT2D eigenvalue weighted by molar-refractivity contribution is 7.15. The first-order valence-electron chi connectivity index (χ1n) is 6.01. The number of nitrogens with zero attached hydrogens (tertiary/aromatic N) is 2. The van der Waals surface area contributed by atoms with E-state index in [9.17, 15) is 0 Å². The van der Waals surface area contributed by atoms with Crippen molar-refractivity contribution in [2.24, 2.45) is 5.92 Å². The second-order valence-corrected chi connectivity index (χ2v) is 5.40. The minimum absolute atomic E-state index is 0.634. The zero-order valence-electron chi connectivity index (χ0n) is 9.52. The Bertz CT molecular complexity index is 441. The van der Waals surface area contributed by atoms with E-state index in [0.717, 1.165) is 23.8 Å². The molecule has 2 heterocycles. The van der Waals surface area contributed by atoms with Crippen LogP contribution in [0.15, 0.2) is 17.8 Å². The van der Waals surface area contributed by atoms with Gasteiger partial charge < -0.3 is 5.32 Å². The Hall–Kier alpha value is -0.870. The van der Waals surface area contributed by atoms with E-state index in [1.165, 1.54) is 18.5 Å². The Morgan fingerprint density at radius 2 is 2.50 bits per heavy atom. The topological polar surface area (TPSA) is 29.3 Å². The van der Waals surface area contributed by atoms with Crippen LogP contribution in [0.3, 0.4) is 0 Å². The summed E-state index contributed by atoms with van der Waals surface area (Å²) in [5, 5.41) is 5.66. The first-order chi connectivity index (χ1) is 7.86. The van der Waals surface area contributed by atoms with Crippen LogP contribution >= 0.6 is 11.3 Å². The highest BCUT2D eigenvalue weighted by Gasteiger charge is 2.31. The molecule has 1 atom stereocenters. The summed E-state index contributed by atoms with van der Waals surface area (Å²) in [6, 6.07) is 0.634. The number of rotatable bonds is 5. The monoisotopic (exact) mass is 235 g/mol. The predicted molar refractivity (Wildman–Crippen MR) is 67.0 cm³/mol. The van der Waals surface area contributed by atoms with E-state index >= 15 is 0 Å². The third-order valence-electron chi connectivity index (χ3n) is 3.23. The van der Waals surface area contributed by atoms with Gasteiger partial charge in [0, 0.05) is 30.2 Å². The lowest BCUT2D eigenvalue weighted by atomic mass is 10.1. The fourth-order valence-corrected chi connectivity index (χ4v) is 2.98. The SMILES string of the molecule is CCNC(Cc1cn2ccsc2n1)C1CC1. The van der Waals surface area contributed by atoms with Crippen LogP contribution in [-0.4, -0.2) is 22.0 Å². The van der Waals surface area contributed by atoms with Crippen LogP contribution < -0.4 is 5.32 Å². The van der Waals surface area contributed by atoms with Crippen molar-refractivity contribution in [3.63, 3.8) is 0 Å². The van der Waals surface area contributed by atoms with Crippen molar-refractivity contribution in [3.8, 4) is 0 Å². The molecule has 1 fully saturated rings. The Balaban J connectivity index is 1.74. The van der Waals surface area contributed by atoms with Gasteiger partial charge in [-0.05, 0) is 25.3 Å². The van der Waals surface area contributed by atoms with E-state index in [2.05, 4.69) is 39.4 Å². The minimum Gasteiger partial charge on any atom is -0.314 e. The van der Waals surface area contributed by atoms with Gasteiger partial charge >= 0.3 is 0 Å². The van der Waals surface area contributed by atoms with Crippen LogP contribution in [0.1, 0.15) is 25.5 Å². The molecule has 1 saturated carbocycles. The van der Waals surface area contributed by atoms with E-state index in [1.807, 2.05) is 0 Å². The van der Waals surface area contributed by atoms with Gasteiger partial charge in [-0.3, -0.25) is 4.40 Å². The average molecular weight is 235 g/mol. The first-order valence-corrected chi connectivity index (χ1v) is 6.89. The summed E-state index contributed by atoms with van der Waals surface area (Å²) in [5.74, 6) is 0.889. The predicted octanol–water partition coefficient (Wildman–Crippen LogP) is 2.33. The lowest BCUT2D eigenvalue weighted by Gasteiger charge is -2.15. The van der Waals surface area contributed by atoms with Crippen LogP contribution in [0.2, 0.25) is 0 Å². The molecule has 16 heavy (non-hydrogen) atoms. The van der Waals surface area contributed by atoms with Gasteiger partial charge in [-0.15, -0.1) is 11.3 Å². The molecule has 0 amide bonds. The van der Waals surface area contributed by atoms with Crippen LogP contribution in [-0.2, 0) is 6.42 Å². The van der Waals surface area contributed by atoms with Gasteiger partial charge in [0.15, 0.2) is 4.96 Å². The Morgan fingerprint density at radius 3 is 3.19 bits per heavy atom. The highest BCUT2D eigenvalue weighted by atomic mass is 32.1. The van der Waals surface area contributed by atoms with Crippen LogP contribution in [0.25, 0.3) is 4.96 Å². The molecular weight excluding hydrogens is 218 g/mol. The molecule has 1 unspecified atom stereocenters. The molecule has 0 spiro atoms. The van der Waals surface area contributed by atoms with E-state index in [1.54, 1.807) is 11.3 Å². The van der Waals surface area contributed by atoms with Gasteiger partial charge in [0.25, 0.3) is 0 Å². The number of aromatic nitrogens is 2. The van der Waals surface area contributed by atoms with Crippen molar-refractivity contribution in [3.05, 3.63) is 23.5 Å². The summed E-state index contributed by atoms with van der Waals surface area (Å²) in [6.45, 7) is 3.24. The minimum atomic E-state index is 0.634. The van der Waals surface area contributed by atoms with Crippen molar-refractivity contribution < 1.29 is 0 Å². The number of imidazole rings is 1. The maximum atomic E-state index is 4.65. The zero-order valence-corrected chi connectivity index (χ0v) is 10.3. The maximum Gasteiger partial charge on any atom is 0.193 e. The fourth-order valence-electron chi connectivity index (χ4n) is 2.27. The number of thiazole rings is 1. The Kier molecular flexibility index (Phi) is 2.69. The molecule has 86 valence electrons. The van der Waals surface area contributed by atoms with Crippen LogP contribution in [0.5, 0.6) is 0 Å². The second-order valence-electron chi connectivity index (χ2n) is 4.53. The summed E-state index contributed by atoms with van der Waals surface area (Å²) >= 11 is 1.70. The first kappa shape index (κ1) is 10.3. The third-order valence-corrected chi connectivity index (χ3v) is 4.00. The van der Waals surface area contributed by atoms with E-state index in [4.69, 9.17) is 0 Å². The molecule has 0 radical (unpaired) electrons. The molecule has 0 aliphatic heterocycles. The largest absolute Gasteiger partial charge is 0.314 e. The zero-order chi connectivity index (χ0) is 11.0. The number of fused-ring (bicyclic) bond motifs is 1. The van der Waals surface area contributed by atoms with Gasteiger partial charge in [-0.25, -0.2) is 4.98 Å². The summed E-state index contributed by atoms with van der Waals surface area (Å²) in [4.78, 5) is 5.76. The average Bonchev–Trinajstić information content (AvgIpc) is 2.90. The molecule has 2 aromatic rings. The van der Waals surface area contributed by atoms with Crippen LogP contribution in [0, 0.1) is 5.92 Å². The molecule has 3 rings (SSSR count). The molecule has 3 nitrogen and oxygen atoms in total. The number of nitrogens with one attached hydrogen (secondary N) is 1. The quantitative estimate of drug-likeness (QED) is 0.862. The second kappa shape index (κ2) is 4.18. The van der Waals surface area contributed by atoms with Crippen LogP contribution in [0.4, 0.5) is 0 Å². The summed E-state index contributed by atoms with van der Waals surface area (Å²) in [7, 11) is 0. The molecule has 4 heteroatoms. The van der Waals surface area contributed by atoms with Crippen molar-refractivity contribution in [2.75, 3.05) is 6.54 Å². The van der Waals surface area contributed by atoms with Crippen molar-refractivity contribution in [1.29, 1.82) is 0 Å². The lowest BCUT2D eigenvalue weighted by molar-refractivity contribution is 0.469. The summed E-state index contributed by atoms with van der Waals surface area (Å²) in [5.41, 5.74) is 1.23. The van der Waals surface area contributed by atoms with Crippen molar-refractivity contribution in [1.82, 2.24) is 14.7 Å². The molecule has 1 aliphatic carbocycles. The summed E-state index contributed by atoms with van der Waals surface area (Å²) < 4.78 is 2.12. The molecule has 0 bridgehead atoms. The summed E-state index contributed by atoms with van der Waals surface area (Å²) in [6.07, 6.45) is 8.10. The third kappa shape index (κ3) is 1.99. The normalized spacial score (nSPS) is 18.1. The fraction of sp³-hybridized carbons (Fsp3) is 0.583. The Labute approximate surface area is 99.5 Å². The van der Waals surface area contributed by atoms with Gasteiger partial charge in [-0.1, -0.05) is 6.92 Å². The van der Waals surface area contributed by atoms with Gasteiger partial charge in [-0.2, -0.15) is 0 Å². The molecular formula is C12H17N3S. The molecule has 1 aliphatic rings. The number of hydrogen-bond acceptors (Lipinski definition) is 3. The van der Waals surface area contributed by atoms with Crippen molar-refractivity contribution >= 4 is 16.3 Å².